The number of aryl methyl sites for hydroxylation is 1. The zero-order valence-electron chi connectivity index (χ0n) is 18.1. The quantitative estimate of drug-likeness (QED) is 0.637. The molecule has 3 aromatic rings. The SMILES string of the molecule is Cc1ccc2nc(-c3ccc(N4C(=O)C[C@@H]([NH+](C)C5CCCCC5)C4=O)cc3)sc2c1. The van der Waals surface area contributed by atoms with E-state index in [1.54, 1.807) is 11.3 Å². The maximum Gasteiger partial charge on any atom is 0.292 e. The van der Waals surface area contributed by atoms with E-state index in [2.05, 4.69) is 26.1 Å². The van der Waals surface area contributed by atoms with Crippen LogP contribution in [-0.2, 0) is 9.59 Å². The minimum atomic E-state index is -0.261. The van der Waals surface area contributed by atoms with Crippen molar-refractivity contribution < 1.29 is 14.5 Å². The summed E-state index contributed by atoms with van der Waals surface area (Å²) in [5.41, 5.74) is 3.88. The molecular formula is C25H28N3O2S+. The molecule has 1 aliphatic carbocycles. The second-order valence-electron chi connectivity index (χ2n) is 8.94. The first-order valence-corrected chi connectivity index (χ1v) is 12.0. The van der Waals surface area contributed by atoms with Gasteiger partial charge in [0, 0.05) is 5.56 Å². The summed E-state index contributed by atoms with van der Waals surface area (Å²) in [4.78, 5) is 33.3. The lowest BCUT2D eigenvalue weighted by Crippen LogP contribution is -3.17. The van der Waals surface area contributed by atoms with Crippen molar-refractivity contribution in [3.63, 3.8) is 0 Å². The monoisotopic (exact) mass is 434 g/mol. The molecule has 160 valence electrons. The third kappa shape index (κ3) is 3.79. The molecule has 0 bridgehead atoms. The molecule has 1 unspecified atom stereocenters. The first-order chi connectivity index (χ1) is 15.0. The molecule has 1 aromatic heterocycles. The molecule has 2 aromatic carbocycles. The number of carbonyl (C=O) groups excluding carboxylic acids is 2. The number of hydrogen-bond donors (Lipinski definition) is 1. The standard InChI is InChI=1S/C25H27N3O2S/c1-16-8-13-20-22(14-16)31-24(26-20)17-9-11-19(12-10-17)28-23(29)15-21(25(28)30)27(2)18-6-4-3-5-7-18/h8-14,18,21H,3-7,15H2,1-2H3/p+1/t21-/m1/s1. The van der Waals surface area contributed by atoms with Crippen LogP contribution in [0.3, 0.4) is 0 Å². The Morgan fingerprint density at radius 2 is 1.77 bits per heavy atom. The largest absolute Gasteiger partial charge is 0.324 e. The van der Waals surface area contributed by atoms with Crippen LogP contribution in [0.5, 0.6) is 0 Å². The highest BCUT2D eigenvalue weighted by molar-refractivity contribution is 7.21. The molecule has 2 heterocycles. The molecule has 5 rings (SSSR count). The van der Waals surface area contributed by atoms with Crippen LogP contribution in [0.15, 0.2) is 42.5 Å². The Morgan fingerprint density at radius 1 is 1.03 bits per heavy atom. The number of rotatable bonds is 4. The Labute approximate surface area is 186 Å². The molecule has 0 spiro atoms. The molecule has 2 atom stereocenters. The summed E-state index contributed by atoms with van der Waals surface area (Å²) in [5.74, 6) is -0.148. The van der Waals surface area contributed by atoms with Gasteiger partial charge >= 0.3 is 0 Å². The van der Waals surface area contributed by atoms with Crippen LogP contribution >= 0.6 is 11.3 Å². The second-order valence-corrected chi connectivity index (χ2v) is 9.97. The van der Waals surface area contributed by atoms with Crippen LogP contribution < -0.4 is 9.80 Å². The number of nitrogens with one attached hydrogen (secondary N) is 1. The number of aromatic nitrogens is 1. The van der Waals surface area contributed by atoms with Crippen LogP contribution in [0.4, 0.5) is 5.69 Å². The summed E-state index contributed by atoms with van der Waals surface area (Å²) >= 11 is 1.66. The number of benzene rings is 2. The highest BCUT2D eigenvalue weighted by Gasteiger charge is 2.46. The smallest absolute Gasteiger partial charge is 0.292 e. The van der Waals surface area contributed by atoms with Crippen molar-refractivity contribution in [2.45, 2.75) is 57.5 Å². The lowest BCUT2D eigenvalue weighted by Gasteiger charge is -2.31. The first kappa shape index (κ1) is 20.3. The number of thiazole rings is 1. The zero-order chi connectivity index (χ0) is 21.5. The molecule has 2 aliphatic rings. The number of amides is 2. The maximum atomic E-state index is 13.2. The summed E-state index contributed by atoms with van der Waals surface area (Å²) in [6.07, 6.45) is 6.36. The molecule has 0 radical (unpaired) electrons. The van der Waals surface area contributed by atoms with Gasteiger partial charge in [0.2, 0.25) is 5.91 Å². The van der Waals surface area contributed by atoms with Crippen LogP contribution in [0, 0.1) is 6.92 Å². The Balaban J connectivity index is 1.36. The van der Waals surface area contributed by atoms with Gasteiger partial charge in [-0.1, -0.05) is 12.5 Å². The molecule has 2 amide bonds. The number of imide groups is 1. The molecule has 6 heteroatoms. The first-order valence-electron chi connectivity index (χ1n) is 11.2. The lowest BCUT2D eigenvalue weighted by atomic mass is 9.93. The average molecular weight is 435 g/mol. The van der Waals surface area contributed by atoms with Crippen molar-refractivity contribution in [1.29, 1.82) is 0 Å². The Kier molecular flexibility index (Phi) is 5.36. The van der Waals surface area contributed by atoms with Crippen molar-refractivity contribution in [3.8, 4) is 10.6 Å². The predicted molar refractivity (Wildman–Crippen MR) is 124 cm³/mol. The summed E-state index contributed by atoms with van der Waals surface area (Å²) in [5, 5.41) is 0.950. The Morgan fingerprint density at radius 3 is 2.52 bits per heavy atom. The van der Waals surface area contributed by atoms with Crippen molar-refractivity contribution in [1.82, 2.24) is 4.98 Å². The van der Waals surface area contributed by atoms with E-state index in [0.717, 1.165) is 28.9 Å². The van der Waals surface area contributed by atoms with Gasteiger partial charge in [-0.05, 0) is 74.6 Å². The van der Waals surface area contributed by atoms with E-state index in [1.807, 2.05) is 30.3 Å². The molecule has 31 heavy (non-hydrogen) atoms. The van der Waals surface area contributed by atoms with Gasteiger partial charge < -0.3 is 4.90 Å². The molecular weight excluding hydrogens is 406 g/mol. The summed E-state index contributed by atoms with van der Waals surface area (Å²) in [6, 6.07) is 14.2. The maximum absolute atomic E-state index is 13.2. The van der Waals surface area contributed by atoms with E-state index < -0.39 is 0 Å². The van der Waals surface area contributed by atoms with Crippen LogP contribution in [0.2, 0.25) is 0 Å². The second kappa shape index (κ2) is 8.17. The zero-order valence-corrected chi connectivity index (χ0v) is 18.9. The van der Waals surface area contributed by atoms with Gasteiger partial charge in [-0.15, -0.1) is 11.3 Å². The number of quaternary nitrogens is 1. The van der Waals surface area contributed by atoms with Crippen molar-refractivity contribution in [2.24, 2.45) is 0 Å². The molecule has 1 aliphatic heterocycles. The van der Waals surface area contributed by atoms with Gasteiger partial charge in [0.1, 0.15) is 5.01 Å². The van der Waals surface area contributed by atoms with Gasteiger partial charge in [-0.3, -0.25) is 9.59 Å². The molecule has 1 N–H and O–H groups in total. The fraction of sp³-hybridized carbons (Fsp3) is 0.400. The lowest BCUT2D eigenvalue weighted by molar-refractivity contribution is -0.922. The summed E-state index contributed by atoms with van der Waals surface area (Å²) < 4.78 is 1.17. The third-order valence-corrected chi connectivity index (χ3v) is 7.93. The highest BCUT2D eigenvalue weighted by atomic mass is 32.1. The number of likely N-dealkylation sites (N-methyl/N-ethyl adjacent to an activating group) is 1. The van der Waals surface area contributed by atoms with E-state index in [4.69, 9.17) is 4.98 Å². The predicted octanol–water partition coefficient (Wildman–Crippen LogP) is 3.75. The Hall–Kier alpha value is -2.57. The van der Waals surface area contributed by atoms with Crippen LogP contribution in [0.25, 0.3) is 20.8 Å². The van der Waals surface area contributed by atoms with Gasteiger partial charge in [-0.2, -0.15) is 0 Å². The molecule has 2 fully saturated rings. The normalized spacial score (nSPS) is 21.2. The van der Waals surface area contributed by atoms with Gasteiger partial charge in [0.15, 0.2) is 6.04 Å². The third-order valence-electron chi connectivity index (χ3n) is 6.86. The van der Waals surface area contributed by atoms with E-state index in [9.17, 15) is 9.59 Å². The number of fused-ring (bicyclic) bond motifs is 1. The molecule has 1 saturated heterocycles. The minimum absolute atomic E-state index is 0.0590. The van der Waals surface area contributed by atoms with E-state index in [-0.39, 0.29) is 17.9 Å². The molecule has 1 saturated carbocycles. The van der Waals surface area contributed by atoms with Crippen LogP contribution in [-0.4, -0.2) is 35.9 Å². The molecule has 5 nitrogen and oxygen atoms in total. The van der Waals surface area contributed by atoms with Gasteiger partial charge in [-0.25, -0.2) is 9.88 Å². The van der Waals surface area contributed by atoms with E-state index in [1.165, 1.54) is 39.3 Å². The number of hydrogen-bond acceptors (Lipinski definition) is 4. The van der Waals surface area contributed by atoms with Crippen LogP contribution in [0.1, 0.15) is 44.1 Å². The topological polar surface area (TPSA) is 54.7 Å². The fourth-order valence-corrected chi connectivity index (χ4v) is 6.08. The average Bonchev–Trinajstić information content (AvgIpc) is 3.34. The number of nitrogens with zero attached hydrogens (tertiary/aromatic N) is 2. The summed E-state index contributed by atoms with van der Waals surface area (Å²) in [7, 11) is 2.09. The number of anilines is 1. The highest BCUT2D eigenvalue weighted by Crippen LogP contribution is 2.32. The fourth-order valence-electron chi connectivity index (χ4n) is 5.01. The van der Waals surface area contributed by atoms with Crippen molar-refractivity contribution >= 4 is 39.1 Å². The van der Waals surface area contributed by atoms with Gasteiger partial charge in [0.25, 0.3) is 5.91 Å². The van der Waals surface area contributed by atoms with Gasteiger partial charge in [0.05, 0.1) is 35.4 Å². The summed E-state index contributed by atoms with van der Waals surface area (Å²) in [6.45, 7) is 2.08. The van der Waals surface area contributed by atoms with Crippen molar-refractivity contribution in [3.05, 3.63) is 48.0 Å². The number of carbonyl (C=O) groups is 2. The van der Waals surface area contributed by atoms with E-state index in [0.29, 0.717) is 18.2 Å². The Bertz CT molecular complexity index is 1130. The van der Waals surface area contributed by atoms with Crippen molar-refractivity contribution in [2.75, 3.05) is 11.9 Å². The minimum Gasteiger partial charge on any atom is -0.324 e. The van der Waals surface area contributed by atoms with E-state index >= 15 is 0 Å².